The molecular formula is C21H20N2O5S. The van der Waals surface area contributed by atoms with Gasteiger partial charge in [0.15, 0.2) is 5.13 Å². The van der Waals surface area contributed by atoms with E-state index in [-0.39, 0.29) is 0 Å². The maximum Gasteiger partial charge on any atom is 0.418 e. The number of carbonyl (C=O) groups is 2. The Balaban J connectivity index is 1.83. The number of hydrogen-bond acceptors (Lipinski definition) is 7. The van der Waals surface area contributed by atoms with Gasteiger partial charge < -0.3 is 14.2 Å². The number of aromatic nitrogens is 1. The highest BCUT2D eigenvalue weighted by molar-refractivity contribution is 7.14. The average Bonchev–Trinajstić information content (AvgIpc) is 3.22. The van der Waals surface area contributed by atoms with Crippen LogP contribution in [0.15, 0.2) is 60.0 Å². The van der Waals surface area contributed by atoms with E-state index < -0.39 is 17.5 Å². The summed E-state index contributed by atoms with van der Waals surface area (Å²) in [5.74, 6) is 0.621. The second-order valence-electron chi connectivity index (χ2n) is 6.21. The lowest BCUT2D eigenvalue weighted by Crippen LogP contribution is -2.35. The van der Waals surface area contributed by atoms with E-state index in [1.165, 1.54) is 18.4 Å². The summed E-state index contributed by atoms with van der Waals surface area (Å²) >= 11 is 1.19. The summed E-state index contributed by atoms with van der Waals surface area (Å²) in [7, 11) is 2.90. The van der Waals surface area contributed by atoms with Gasteiger partial charge in [-0.15, -0.1) is 11.3 Å². The summed E-state index contributed by atoms with van der Waals surface area (Å²) in [6, 6.07) is 15.8. The van der Waals surface area contributed by atoms with E-state index in [0.717, 1.165) is 0 Å². The fourth-order valence-corrected chi connectivity index (χ4v) is 3.57. The van der Waals surface area contributed by atoms with E-state index in [1.807, 2.05) is 6.07 Å². The number of methoxy groups -OCH3 is 2. The van der Waals surface area contributed by atoms with Crippen LogP contribution in [0.4, 0.5) is 9.93 Å². The van der Waals surface area contributed by atoms with Crippen LogP contribution in [-0.4, -0.2) is 31.3 Å². The summed E-state index contributed by atoms with van der Waals surface area (Å²) in [5.41, 5.74) is -0.00997. The first-order valence-corrected chi connectivity index (χ1v) is 9.58. The van der Waals surface area contributed by atoms with E-state index in [1.54, 1.807) is 67.9 Å². The van der Waals surface area contributed by atoms with Gasteiger partial charge in [0.25, 0.3) is 0 Å². The molecule has 0 radical (unpaired) electrons. The number of benzene rings is 2. The van der Waals surface area contributed by atoms with Crippen LogP contribution in [0.3, 0.4) is 0 Å². The first-order valence-electron chi connectivity index (χ1n) is 8.70. The fraction of sp³-hybridized carbons (Fsp3) is 0.190. The van der Waals surface area contributed by atoms with Gasteiger partial charge in [-0.2, -0.15) is 0 Å². The number of para-hydroxylation sites is 1. The Morgan fingerprint density at radius 3 is 2.31 bits per heavy atom. The third kappa shape index (κ3) is 4.38. The SMILES string of the molecule is COC(=O)C(C)(c1ccc(OC)cc1)c1csc(NC(=O)Oc2ccccc2)n1. The number of amides is 1. The van der Waals surface area contributed by atoms with Crippen molar-refractivity contribution < 1.29 is 23.8 Å². The number of ether oxygens (including phenoxy) is 3. The van der Waals surface area contributed by atoms with Crippen LogP contribution in [-0.2, 0) is 14.9 Å². The van der Waals surface area contributed by atoms with Crippen molar-refractivity contribution >= 4 is 28.5 Å². The third-order valence-electron chi connectivity index (χ3n) is 4.44. The number of nitrogens with one attached hydrogen (secondary N) is 1. The van der Waals surface area contributed by atoms with Crippen LogP contribution in [0, 0.1) is 0 Å². The minimum Gasteiger partial charge on any atom is -0.497 e. The van der Waals surface area contributed by atoms with Crippen molar-refractivity contribution in [1.82, 2.24) is 4.98 Å². The summed E-state index contributed by atoms with van der Waals surface area (Å²) in [6.07, 6.45) is -0.665. The van der Waals surface area contributed by atoms with Crippen molar-refractivity contribution in [3.8, 4) is 11.5 Å². The summed E-state index contributed by atoms with van der Waals surface area (Å²) in [4.78, 5) is 29.2. The zero-order valence-corrected chi connectivity index (χ0v) is 17.0. The van der Waals surface area contributed by atoms with Gasteiger partial charge in [-0.1, -0.05) is 30.3 Å². The quantitative estimate of drug-likeness (QED) is 0.610. The van der Waals surface area contributed by atoms with Crippen molar-refractivity contribution in [3.63, 3.8) is 0 Å². The molecule has 0 aliphatic heterocycles. The lowest BCUT2D eigenvalue weighted by Gasteiger charge is -2.25. The maximum absolute atomic E-state index is 12.7. The molecule has 8 heteroatoms. The molecule has 0 aliphatic rings. The molecule has 1 aromatic heterocycles. The Labute approximate surface area is 172 Å². The lowest BCUT2D eigenvalue weighted by molar-refractivity contribution is -0.145. The Kier molecular flexibility index (Phi) is 6.13. The molecular weight excluding hydrogens is 392 g/mol. The van der Waals surface area contributed by atoms with Crippen LogP contribution < -0.4 is 14.8 Å². The molecule has 1 N–H and O–H groups in total. The summed E-state index contributed by atoms with van der Waals surface area (Å²) in [6.45, 7) is 1.72. The van der Waals surface area contributed by atoms with E-state index in [0.29, 0.717) is 27.9 Å². The van der Waals surface area contributed by atoms with Gasteiger partial charge in [-0.25, -0.2) is 9.78 Å². The number of nitrogens with zero attached hydrogens (tertiary/aromatic N) is 1. The first kappa shape index (κ1) is 20.3. The predicted octanol–water partition coefficient (Wildman–Crippen LogP) is 4.24. The van der Waals surface area contributed by atoms with Crippen molar-refractivity contribution in [3.05, 3.63) is 71.2 Å². The molecule has 29 heavy (non-hydrogen) atoms. The van der Waals surface area contributed by atoms with Gasteiger partial charge in [0.2, 0.25) is 0 Å². The molecule has 150 valence electrons. The van der Waals surface area contributed by atoms with Crippen molar-refractivity contribution in [2.45, 2.75) is 12.3 Å². The average molecular weight is 412 g/mol. The second kappa shape index (κ2) is 8.74. The molecule has 0 saturated heterocycles. The Bertz CT molecular complexity index is 988. The monoisotopic (exact) mass is 412 g/mol. The summed E-state index contributed by atoms with van der Waals surface area (Å²) in [5, 5.41) is 4.60. The largest absolute Gasteiger partial charge is 0.497 e. The topological polar surface area (TPSA) is 86.8 Å². The van der Waals surface area contributed by atoms with Crippen molar-refractivity contribution in [2.24, 2.45) is 0 Å². The third-order valence-corrected chi connectivity index (χ3v) is 5.20. The van der Waals surface area contributed by atoms with Gasteiger partial charge in [-0.3, -0.25) is 10.1 Å². The van der Waals surface area contributed by atoms with E-state index in [2.05, 4.69) is 10.3 Å². The Hall–Kier alpha value is -3.39. The molecule has 3 aromatic rings. The van der Waals surface area contributed by atoms with Gasteiger partial charge in [-0.05, 0) is 36.8 Å². The highest BCUT2D eigenvalue weighted by Crippen LogP contribution is 2.36. The molecule has 2 aromatic carbocycles. The maximum atomic E-state index is 12.7. The number of carbonyl (C=O) groups excluding carboxylic acids is 2. The molecule has 1 amide bonds. The van der Waals surface area contributed by atoms with E-state index in [4.69, 9.17) is 14.2 Å². The Morgan fingerprint density at radius 1 is 1.00 bits per heavy atom. The molecule has 0 bridgehead atoms. The minimum atomic E-state index is -1.15. The lowest BCUT2D eigenvalue weighted by atomic mass is 9.80. The summed E-state index contributed by atoms with van der Waals surface area (Å²) < 4.78 is 15.4. The number of hydrogen-bond donors (Lipinski definition) is 1. The van der Waals surface area contributed by atoms with Crippen molar-refractivity contribution in [1.29, 1.82) is 0 Å². The fourth-order valence-electron chi connectivity index (χ4n) is 2.77. The predicted molar refractivity (Wildman–Crippen MR) is 110 cm³/mol. The smallest absolute Gasteiger partial charge is 0.418 e. The number of rotatable bonds is 6. The number of esters is 1. The van der Waals surface area contributed by atoms with Crippen LogP contribution in [0.1, 0.15) is 18.2 Å². The molecule has 7 nitrogen and oxygen atoms in total. The first-order chi connectivity index (χ1) is 14.0. The molecule has 0 fully saturated rings. The van der Waals surface area contributed by atoms with Crippen LogP contribution in [0.25, 0.3) is 0 Å². The molecule has 1 atom stereocenters. The van der Waals surface area contributed by atoms with Crippen LogP contribution in [0.5, 0.6) is 11.5 Å². The molecule has 0 saturated carbocycles. The van der Waals surface area contributed by atoms with E-state index in [9.17, 15) is 9.59 Å². The van der Waals surface area contributed by atoms with Gasteiger partial charge in [0.05, 0.1) is 19.9 Å². The number of thiazole rings is 1. The van der Waals surface area contributed by atoms with E-state index >= 15 is 0 Å². The Morgan fingerprint density at radius 2 is 1.69 bits per heavy atom. The standard InChI is InChI=1S/C21H20N2O5S/c1-21(18(24)27-3,14-9-11-15(26-2)12-10-14)17-13-29-19(22-17)23-20(25)28-16-7-5-4-6-8-16/h4-13H,1-3H3,(H,22,23,25). The van der Waals surface area contributed by atoms with Gasteiger partial charge in [0, 0.05) is 5.38 Å². The van der Waals surface area contributed by atoms with Crippen molar-refractivity contribution in [2.75, 3.05) is 19.5 Å². The van der Waals surface area contributed by atoms with Crippen LogP contribution in [0.2, 0.25) is 0 Å². The molecule has 0 spiro atoms. The molecule has 3 rings (SSSR count). The molecule has 1 heterocycles. The van der Waals surface area contributed by atoms with Gasteiger partial charge >= 0.3 is 12.1 Å². The number of anilines is 1. The minimum absolute atomic E-state index is 0.310. The normalized spacial score (nSPS) is 12.5. The van der Waals surface area contributed by atoms with Crippen LogP contribution >= 0.6 is 11.3 Å². The molecule has 1 unspecified atom stereocenters. The molecule has 0 aliphatic carbocycles. The zero-order valence-electron chi connectivity index (χ0n) is 16.2. The highest BCUT2D eigenvalue weighted by Gasteiger charge is 2.41. The van der Waals surface area contributed by atoms with Gasteiger partial charge in [0.1, 0.15) is 16.9 Å². The highest BCUT2D eigenvalue weighted by atomic mass is 32.1. The zero-order chi connectivity index (χ0) is 20.9. The second-order valence-corrected chi connectivity index (χ2v) is 7.07.